The Morgan fingerprint density at radius 3 is 3.00 bits per heavy atom. The number of benzene rings is 1. The van der Waals surface area contributed by atoms with Gasteiger partial charge in [-0.25, -0.2) is 0 Å². The molecule has 64 valence electrons. The fourth-order valence-corrected chi connectivity index (χ4v) is 2.38. The highest BCUT2D eigenvalue weighted by atomic mass is 32.1. The zero-order valence-electron chi connectivity index (χ0n) is 6.78. The number of hydrogen-bond donors (Lipinski definition) is 1. The Kier molecular flexibility index (Phi) is 1.21. The van der Waals surface area contributed by atoms with Crippen molar-refractivity contribution in [2.24, 2.45) is 0 Å². The van der Waals surface area contributed by atoms with Gasteiger partial charge in [0.15, 0.2) is 0 Å². The zero-order valence-corrected chi connectivity index (χ0v) is 7.60. The van der Waals surface area contributed by atoms with Crippen LogP contribution in [0.15, 0.2) is 34.9 Å². The van der Waals surface area contributed by atoms with Crippen molar-refractivity contribution in [3.05, 3.63) is 30.5 Å². The normalized spacial score (nSPS) is 11.4. The van der Waals surface area contributed by atoms with E-state index in [1.165, 1.54) is 4.70 Å². The predicted octanol–water partition coefficient (Wildman–Crippen LogP) is 3.23. The number of nitrogens with two attached hydrogens (primary N) is 1. The predicted molar refractivity (Wildman–Crippen MR) is 56.0 cm³/mol. The van der Waals surface area contributed by atoms with E-state index < -0.39 is 0 Å². The van der Waals surface area contributed by atoms with Gasteiger partial charge in [-0.3, -0.25) is 0 Å². The Labute approximate surface area is 78.6 Å². The number of furan rings is 1. The summed E-state index contributed by atoms with van der Waals surface area (Å²) in [6.45, 7) is 0. The third-order valence-corrected chi connectivity index (χ3v) is 3.04. The summed E-state index contributed by atoms with van der Waals surface area (Å²) in [6, 6.07) is 8.07. The van der Waals surface area contributed by atoms with Gasteiger partial charge in [0, 0.05) is 10.1 Å². The van der Waals surface area contributed by atoms with Crippen molar-refractivity contribution >= 4 is 37.4 Å². The molecule has 1 aromatic carbocycles. The molecule has 3 rings (SSSR count). The minimum absolute atomic E-state index is 0.850. The molecule has 0 bridgehead atoms. The molecule has 3 aromatic rings. The van der Waals surface area contributed by atoms with Crippen LogP contribution in [0.3, 0.4) is 0 Å². The average molecular weight is 189 g/mol. The van der Waals surface area contributed by atoms with E-state index in [0.717, 1.165) is 21.4 Å². The number of nitrogen functional groups attached to an aromatic ring is 1. The number of hydrogen-bond acceptors (Lipinski definition) is 3. The minimum Gasteiger partial charge on any atom is -0.464 e. The largest absolute Gasteiger partial charge is 0.464 e. The van der Waals surface area contributed by atoms with Crippen molar-refractivity contribution in [1.82, 2.24) is 0 Å². The summed E-state index contributed by atoms with van der Waals surface area (Å²) in [5.74, 6) is 0. The van der Waals surface area contributed by atoms with Crippen LogP contribution >= 0.6 is 11.3 Å². The van der Waals surface area contributed by atoms with Gasteiger partial charge in [-0.1, -0.05) is 0 Å². The lowest BCUT2D eigenvalue weighted by Crippen LogP contribution is -1.72. The third-order valence-electron chi connectivity index (χ3n) is 2.11. The first kappa shape index (κ1) is 6.97. The molecule has 2 heterocycles. The summed E-state index contributed by atoms with van der Waals surface area (Å²) in [4.78, 5) is 0. The van der Waals surface area contributed by atoms with Gasteiger partial charge in [-0.2, -0.15) is 0 Å². The quantitative estimate of drug-likeness (QED) is 0.589. The van der Waals surface area contributed by atoms with Gasteiger partial charge in [-0.05, 0) is 29.7 Å². The van der Waals surface area contributed by atoms with Crippen LogP contribution in [0.1, 0.15) is 0 Å². The maximum Gasteiger partial charge on any atom is 0.134 e. The molecule has 0 radical (unpaired) electrons. The van der Waals surface area contributed by atoms with E-state index in [0.29, 0.717) is 0 Å². The van der Waals surface area contributed by atoms with Crippen molar-refractivity contribution in [3.8, 4) is 0 Å². The molecule has 0 saturated heterocycles. The lowest BCUT2D eigenvalue weighted by atomic mass is 10.2. The SMILES string of the molecule is Nc1cc2cc3occc3cc2s1. The molecule has 0 saturated carbocycles. The second kappa shape index (κ2) is 2.26. The van der Waals surface area contributed by atoms with E-state index in [9.17, 15) is 0 Å². The van der Waals surface area contributed by atoms with E-state index in [1.54, 1.807) is 17.6 Å². The first-order valence-electron chi connectivity index (χ1n) is 3.99. The summed E-state index contributed by atoms with van der Waals surface area (Å²) in [5.41, 5.74) is 6.63. The van der Waals surface area contributed by atoms with Crippen molar-refractivity contribution in [3.63, 3.8) is 0 Å². The topological polar surface area (TPSA) is 39.2 Å². The van der Waals surface area contributed by atoms with E-state index in [4.69, 9.17) is 10.2 Å². The molecule has 2 N–H and O–H groups in total. The summed E-state index contributed by atoms with van der Waals surface area (Å²) >= 11 is 1.61. The van der Waals surface area contributed by atoms with Gasteiger partial charge in [-0.15, -0.1) is 11.3 Å². The van der Waals surface area contributed by atoms with Crippen molar-refractivity contribution in [1.29, 1.82) is 0 Å². The monoisotopic (exact) mass is 189 g/mol. The van der Waals surface area contributed by atoms with Gasteiger partial charge >= 0.3 is 0 Å². The lowest BCUT2D eigenvalue weighted by molar-refractivity contribution is 0.616. The van der Waals surface area contributed by atoms with Crippen LogP contribution in [0.2, 0.25) is 0 Å². The summed E-state index contributed by atoms with van der Waals surface area (Å²) in [6.07, 6.45) is 1.71. The molecule has 0 aliphatic heterocycles. The number of rotatable bonds is 0. The molecular weight excluding hydrogens is 182 g/mol. The fraction of sp³-hybridized carbons (Fsp3) is 0. The summed E-state index contributed by atoms with van der Waals surface area (Å²) in [5, 5.41) is 3.14. The average Bonchev–Trinajstić information content (AvgIpc) is 2.63. The highest BCUT2D eigenvalue weighted by Gasteiger charge is 2.02. The van der Waals surface area contributed by atoms with E-state index >= 15 is 0 Å². The van der Waals surface area contributed by atoms with E-state index in [2.05, 4.69) is 6.07 Å². The van der Waals surface area contributed by atoms with Gasteiger partial charge in [0.05, 0.1) is 11.3 Å². The lowest BCUT2D eigenvalue weighted by Gasteiger charge is -1.88. The Bertz CT molecular complexity index is 531. The highest BCUT2D eigenvalue weighted by molar-refractivity contribution is 7.22. The Morgan fingerprint density at radius 2 is 2.08 bits per heavy atom. The first-order valence-corrected chi connectivity index (χ1v) is 4.81. The molecule has 2 nitrogen and oxygen atoms in total. The molecule has 13 heavy (non-hydrogen) atoms. The molecule has 0 amide bonds. The second-order valence-corrected chi connectivity index (χ2v) is 4.11. The molecule has 2 aromatic heterocycles. The van der Waals surface area contributed by atoms with Gasteiger partial charge < -0.3 is 10.2 Å². The molecule has 0 spiro atoms. The van der Waals surface area contributed by atoms with Crippen molar-refractivity contribution < 1.29 is 4.42 Å². The van der Waals surface area contributed by atoms with E-state index in [-0.39, 0.29) is 0 Å². The van der Waals surface area contributed by atoms with E-state index in [1.807, 2.05) is 18.2 Å². The molecular formula is C10H7NOS. The van der Waals surface area contributed by atoms with Crippen LogP contribution in [-0.4, -0.2) is 0 Å². The second-order valence-electron chi connectivity index (χ2n) is 3.00. The molecule has 0 aliphatic carbocycles. The Morgan fingerprint density at radius 1 is 1.15 bits per heavy atom. The number of thiophene rings is 1. The van der Waals surface area contributed by atoms with Gasteiger partial charge in [0.2, 0.25) is 0 Å². The van der Waals surface area contributed by atoms with Crippen LogP contribution in [0.4, 0.5) is 5.00 Å². The molecule has 0 atom stereocenters. The van der Waals surface area contributed by atoms with Gasteiger partial charge in [0.1, 0.15) is 5.58 Å². The van der Waals surface area contributed by atoms with Crippen LogP contribution < -0.4 is 5.73 Å². The molecule has 3 heteroatoms. The highest BCUT2D eigenvalue weighted by Crippen LogP contribution is 2.31. The molecule has 0 aliphatic rings. The smallest absolute Gasteiger partial charge is 0.134 e. The molecule has 0 unspecified atom stereocenters. The van der Waals surface area contributed by atoms with Gasteiger partial charge in [0.25, 0.3) is 0 Å². The van der Waals surface area contributed by atoms with Crippen LogP contribution in [0, 0.1) is 0 Å². The standard InChI is InChI=1S/C10H7NOS/c11-10-5-7-3-8-6(1-2-12-8)4-9(7)13-10/h1-5H,11H2. The van der Waals surface area contributed by atoms with Crippen LogP contribution in [-0.2, 0) is 0 Å². The fourth-order valence-electron chi connectivity index (χ4n) is 1.52. The van der Waals surface area contributed by atoms with Crippen LogP contribution in [0.25, 0.3) is 21.1 Å². The zero-order chi connectivity index (χ0) is 8.84. The summed E-state index contributed by atoms with van der Waals surface area (Å²) in [7, 11) is 0. The number of anilines is 1. The van der Waals surface area contributed by atoms with Crippen LogP contribution in [0.5, 0.6) is 0 Å². The Hall–Kier alpha value is -1.48. The van der Waals surface area contributed by atoms with Crippen molar-refractivity contribution in [2.45, 2.75) is 0 Å². The minimum atomic E-state index is 0.850. The maximum absolute atomic E-state index is 5.71. The first-order chi connectivity index (χ1) is 6.33. The van der Waals surface area contributed by atoms with Crippen molar-refractivity contribution in [2.75, 3.05) is 5.73 Å². The maximum atomic E-state index is 5.71. The third kappa shape index (κ3) is 0.939. The summed E-state index contributed by atoms with van der Waals surface area (Å²) < 4.78 is 6.51. The Balaban J connectivity index is 2.54. The molecule has 0 fully saturated rings. The number of fused-ring (bicyclic) bond motifs is 2.